The molecule has 0 N–H and O–H groups in total. The largest absolute Gasteiger partial charge is 0.206 e. The van der Waals surface area contributed by atoms with E-state index in [-0.39, 0.29) is 5.56 Å². The maximum Gasteiger partial charge on any atom is 0.142 e. The molecular weight excluding hydrogens is 398 g/mol. The Morgan fingerprint density at radius 3 is 1.91 bits per heavy atom. The minimum Gasteiger partial charge on any atom is -0.206 e. The molecule has 0 spiro atoms. The summed E-state index contributed by atoms with van der Waals surface area (Å²) in [5.41, 5.74) is 4.86. The molecule has 0 aliphatic heterocycles. The second-order valence-electron chi connectivity index (χ2n) is 8.63. The van der Waals surface area contributed by atoms with Crippen LogP contribution in [0.4, 0.5) is 8.78 Å². The minimum absolute atomic E-state index is 0.162. The zero-order valence-electron chi connectivity index (χ0n) is 19.3. The second-order valence-corrected chi connectivity index (χ2v) is 8.63. The molecule has 3 aromatic rings. The quantitative estimate of drug-likeness (QED) is 0.249. The van der Waals surface area contributed by atoms with Crippen LogP contribution in [-0.4, -0.2) is 0 Å². The van der Waals surface area contributed by atoms with Crippen molar-refractivity contribution in [1.29, 1.82) is 0 Å². The van der Waals surface area contributed by atoms with Crippen LogP contribution in [0.15, 0.2) is 60.7 Å². The zero-order chi connectivity index (χ0) is 22.9. The number of halogens is 2. The summed E-state index contributed by atoms with van der Waals surface area (Å²) in [7, 11) is 0. The van der Waals surface area contributed by atoms with Crippen molar-refractivity contribution in [3.05, 3.63) is 94.6 Å². The Balaban J connectivity index is 1.70. The normalized spacial score (nSPS) is 11.7. The molecule has 0 unspecified atom stereocenters. The lowest BCUT2D eigenvalue weighted by Crippen LogP contribution is -1.97. The van der Waals surface area contributed by atoms with Crippen LogP contribution in [0, 0.1) is 29.4 Å². The summed E-state index contributed by atoms with van der Waals surface area (Å²) in [5, 5.41) is 0. The fourth-order valence-electron chi connectivity index (χ4n) is 3.73. The van der Waals surface area contributed by atoms with Crippen molar-refractivity contribution in [3.8, 4) is 23.0 Å². The van der Waals surface area contributed by atoms with E-state index in [9.17, 15) is 8.78 Å². The van der Waals surface area contributed by atoms with E-state index >= 15 is 0 Å². The predicted molar refractivity (Wildman–Crippen MR) is 131 cm³/mol. The van der Waals surface area contributed by atoms with Gasteiger partial charge in [-0.2, -0.15) is 0 Å². The van der Waals surface area contributed by atoms with Gasteiger partial charge in [0.1, 0.15) is 11.6 Å². The van der Waals surface area contributed by atoms with Crippen molar-refractivity contribution >= 4 is 0 Å². The van der Waals surface area contributed by atoms with Crippen molar-refractivity contribution in [2.75, 3.05) is 0 Å². The summed E-state index contributed by atoms with van der Waals surface area (Å²) in [6.07, 6.45) is 6.04. The van der Waals surface area contributed by atoms with Gasteiger partial charge in [-0.3, -0.25) is 0 Å². The molecule has 3 aromatic carbocycles. The van der Waals surface area contributed by atoms with Gasteiger partial charge in [0.25, 0.3) is 0 Å². The highest BCUT2D eigenvalue weighted by molar-refractivity contribution is 5.64. The number of hydrogen-bond acceptors (Lipinski definition) is 0. The van der Waals surface area contributed by atoms with E-state index in [4.69, 9.17) is 0 Å². The molecule has 1 atom stereocenters. The Labute approximate surface area is 191 Å². The van der Waals surface area contributed by atoms with Gasteiger partial charge in [-0.05, 0) is 71.7 Å². The number of unbranched alkanes of at least 4 members (excludes halogenated alkanes) is 2. The Hall–Kier alpha value is -2.92. The third-order valence-corrected chi connectivity index (χ3v) is 5.96. The molecule has 0 nitrogen and oxygen atoms in total. The van der Waals surface area contributed by atoms with Gasteiger partial charge in [0.2, 0.25) is 0 Å². The zero-order valence-corrected chi connectivity index (χ0v) is 19.3. The Kier molecular flexibility index (Phi) is 8.63. The smallest absolute Gasteiger partial charge is 0.142 e. The molecule has 0 fully saturated rings. The molecule has 0 aromatic heterocycles. The van der Waals surface area contributed by atoms with E-state index in [1.165, 1.54) is 24.1 Å². The van der Waals surface area contributed by atoms with Gasteiger partial charge in [0.15, 0.2) is 0 Å². The SMILES string of the molecule is CCCCCc1cc(F)c(C#Cc2ccc(-c3ccc(C[C@@H](C)CC)cc3)cc2)c(F)c1. The van der Waals surface area contributed by atoms with Crippen LogP contribution >= 0.6 is 0 Å². The van der Waals surface area contributed by atoms with E-state index in [2.05, 4.69) is 56.9 Å². The first kappa shape index (κ1) is 23.7. The topological polar surface area (TPSA) is 0 Å². The van der Waals surface area contributed by atoms with E-state index in [0.29, 0.717) is 17.9 Å². The van der Waals surface area contributed by atoms with Gasteiger partial charge in [-0.15, -0.1) is 0 Å². The molecule has 0 saturated carbocycles. The van der Waals surface area contributed by atoms with Crippen LogP contribution in [-0.2, 0) is 12.8 Å². The molecule has 0 radical (unpaired) electrons. The van der Waals surface area contributed by atoms with Gasteiger partial charge in [-0.1, -0.05) is 88.3 Å². The van der Waals surface area contributed by atoms with Crippen molar-refractivity contribution < 1.29 is 8.78 Å². The summed E-state index contributed by atoms with van der Waals surface area (Å²) in [5.74, 6) is 5.10. The molecule has 3 rings (SSSR count). The molecule has 0 heterocycles. The summed E-state index contributed by atoms with van der Waals surface area (Å²) in [6.45, 7) is 6.60. The Morgan fingerprint density at radius 1 is 0.750 bits per heavy atom. The van der Waals surface area contributed by atoms with Gasteiger partial charge < -0.3 is 0 Å². The fraction of sp³-hybridized carbons (Fsp3) is 0.333. The predicted octanol–water partition coefficient (Wildman–Crippen LogP) is 8.35. The summed E-state index contributed by atoms with van der Waals surface area (Å²) in [6, 6.07) is 19.3. The van der Waals surface area contributed by atoms with E-state index < -0.39 is 11.6 Å². The number of benzene rings is 3. The third kappa shape index (κ3) is 6.54. The minimum atomic E-state index is -0.585. The maximum atomic E-state index is 14.4. The first-order valence-corrected chi connectivity index (χ1v) is 11.7. The van der Waals surface area contributed by atoms with E-state index in [1.807, 2.05) is 24.3 Å². The average Bonchev–Trinajstić information content (AvgIpc) is 2.79. The van der Waals surface area contributed by atoms with Crippen molar-refractivity contribution in [2.45, 2.75) is 59.3 Å². The van der Waals surface area contributed by atoms with E-state index in [0.717, 1.165) is 42.4 Å². The average molecular weight is 431 g/mol. The van der Waals surface area contributed by atoms with Crippen LogP contribution in [0.3, 0.4) is 0 Å². The Morgan fingerprint density at radius 2 is 1.34 bits per heavy atom. The van der Waals surface area contributed by atoms with Crippen LogP contribution in [0.25, 0.3) is 11.1 Å². The fourth-order valence-corrected chi connectivity index (χ4v) is 3.73. The molecule has 2 heteroatoms. The second kappa shape index (κ2) is 11.6. The van der Waals surface area contributed by atoms with Crippen molar-refractivity contribution in [3.63, 3.8) is 0 Å². The number of aryl methyl sites for hydroxylation is 1. The summed E-state index contributed by atoms with van der Waals surface area (Å²) < 4.78 is 28.8. The first-order chi connectivity index (χ1) is 15.5. The number of rotatable bonds is 8. The molecule has 0 amide bonds. The highest BCUT2D eigenvalue weighted by Crippen LogP contribution is 2.22. The van der Waals surface area contributed by atoms with Crippen LogP contribution < -0.4 is 0 Å². The molecule has 166 valence electrons. The van der Waals surface area contributed by atoms with Gasteiger partial charge in [-0.25, -0.2) is 8.78 Å². The number of hydrogen-bond donors (Lipinski definition) is 0. The molecular formula is C30H32F2. The molecule has 0 aliphatic carbocycles. The summed E-state index contributed by atoms with van der Waals surface area (Å²) in [4.78, 5) is 0. The third-order valence-electron chi connectivity index (χ3n) is 5.96. The Bertz CT molecular complexity index is 1040. The molecule has 0 saturated heterocycles. The van der Waals surface area contributed by atoms with Crippen LogP contribution in [0.1, 0.15) is 68.7 Å². The van der Waals surface area contributed by atoms with Crippen LogP contribution in [0.2, 0.25) is 0 Å². The van der Waals surface area contributed by atoms with Gasteiger partial charge >= 0.3 is 0 Å². The lowest BCUT2D eigenvalue weighted by atomic mass is 9.96. The molecule has 0 bridgehead atoms. The summed E-state index contributed by atoms with van der Waals surface area (Å²) >= 11 is 0. The first-order valence-electron chi connectivity index (χ1n) is 11.7. The molecule has 0 aliphatic rings. The highest BCUT2D eigenvalue weighted by Gasteiger charge is 2.09. The lowest BCUT2D eigenvalue weighted by molar-refractivity contribution is 0.560. The monoisotopic (exact) mass is 430 g/mol. The van der Waals surface area contributed by atoms with Gasteiger partial charge in [0, 0.05) is 5.56 Å². The van der Waals surface area contributed by atoms with Crippen molar-refractivity contribution in [2.24, 2.45) is 5.92 Å². The maximum absolute atomic E-state index is 14.4. The molecule has 32 heavy (non-hydrogen) atoms. The standard InChI is InChI=1S/C30H32F2/c1-4-6-7-8-25-20-29(31)28(30(32)21-25)18-13-23-9-14-26(15-10-23)27-16-11-24(12-17-27)19-22(3)5-2/h9-12,14-17,20-22H,4-8,19H2,1-3H3/t22-/m0/s1. The highest BCUT2D eigenvalue weighted by atomic mass is 19.1. The lowest BCUT2D eigenvalue weighted by Gasteiger charge is -2.09. The van der Waals surface area contributed by atoms with E-state index in [1.54, 1.807) is 0 Å². The van der Waals surface area contributed by atoms with Crippen molar-refractivity contribution in [1.82, 2.24) is 0 Å². The van der Waals surface area contributed by atoms with Gasteiger partial charge in [0.05, 0.1) is 5.56 Å². The van der Waals surface area contributed by atoms with Crippen LogP contribution in [0.5, 0.6) is 0 Å².